The van der Waals surface area contributed by atoms with Crippen molar-refractivity contribution in [2.24, 2.45) is 0 Å². The van der Waals surface area contributed by atoms with Gasteiger partial charge in [0.05, 0.1) is 0 Å². The Morgan fingerprint density at radius 2 is 1.88 bits per heavy atom. The van der Waals surface area contributed by atoms with Crippen molar-refractivity contribution >= 4 is 17.7 Å². The van der Waals surface area contributed by atoms with E-state index in [0.29, 0.717) is 36.0 Å². The van der Waals surface area contributed by atoms with Gasteiger partial charge in [-0.1, -0.05) is 23.8 Å². The van der Waals surface area contributed by atoms with Crippen molar-refractivity contribution in [3.63, 3.8) is 0 Å². The molecular formula is C20H18N2O3. The second-order valence-corrected chi connectivity index (χ2v) is 5.85. The normalized spacial score (nSPS) is 13.1. The number of anilines is 1. The van der Waals surface area contributed by atoms with Gasteiger partial charge in [0.1, 0.15) is 24.9 Å². The van der Waals surface area contributed by atoms with E-state index in [9.17, 15) is 10.1 Å². The number of nitrogens with zero attached hydrogens (tertiary/aromatic N) is 1. The molecule has 0 atom stereocenters. The molecule has 0 saturated carbocycles. The van der Waals surface area contributed by atoms with Crippen LogP contribution in [-0.2, 0) is 4.79 Å². The van der Waals surface area contributed by atoms with Gasteiger partial charge in [0, 0.05) is 5.69 Å². The molecule has 25 heavy (non-hydrogen) atoms. The minimum absolute atomic E-state index is 0.0247. The number of carbonyl (C=O) groups is 1. The molecule has 0 fully saturated rings. The highest BCUT2D eigenvalue weighted by molar-refractivity contribution is 6.10. The fraction of sp³-hybridized carbons (Fsp3) is 0.200. The minimum Gasteiger partial charge on any atom is -0.486 e. The molecule has 1 heterocycles. The highest BCUT2D eigenvalue weighted by Gasteiger charge is 2.14. The summed E-state index contributed by atoms with van der Waals surface area (Å²) in [6.45, 7) is 4.91. The Labute approximate surface area is 146 Å². The van der Waals surface area contributed by atoms with E-state index >= 15 is 0 Å². The van der Waals surface area contributed by atoms with Crippen LogP contribution in [0.15, 0.2) is 42.0 Å². The predicted octanol–water partition coefficient (Wildman–Crippen LogP) is 3.62. The number of nitriles is 1. The largest absolute Gasteiger partial charge is 0.486 e. The first-order valence-corrected chi connectivity index (χ1v) is 7.97. The predicted molar refractivity (Wildman–Crippen MR) is 95.6 cm³/mol. The van der Waals surface area contributed by atoms with E-state index in [1.54, 1.807) is 18.2 Å². The first-order valence-electron chi connectivity index (χ1n) is 7.97. The zero-order valence-corrected chi connectivity index (χ0v) is 14.1. The van der Waals surface area contributed by atoms with E-state index in [-0.39, 0.29) is 5.57 Å². The molecule has 1 aliphatic heterocycles. The van der Waals surface area contributed by atoms with Crippen LogP contribution in [0.3, 0.4) is 0 Å². The van der Waals surface area contributed by atoms with Crippen LogP contribution in [0.2, 0.25) is 0 Å². The Kier molecular flexibility index (Phi) is 4.71. The summed E-state index contributed by atoms with van der Waals surface area (Å²) in [6, 6.07) is 13.0. The van der Waals surface area contributed by atoms with Crippen molar-refractivity contribution < 1.29 is 14.3 Å². The Hall–Kier alpha value is -3.26. The molecule has 2 aromatic rings. The lowest BCUT2D eigenvalue weighted by molar-refractivity contribution is -0.112. The number of hydrogen-bond donors (Lipinski definition) is 1. The molecule has 3 rings (SSSR count). The van der Waals surface area contributed by atoms with Gasteiger partial charge in [-0.15, -0.1) is 0 Å². The molecular weight excluding hydrogens is 316 g/mol. The van der Waals surface area contributed by atoms with Crippen molar-refractivity contribution in [3.05, 3.63) is 58.7 Å². The molecule has 0 saturated heterocycles. The van der Waals surface area contributed by atoms with Crippen LogP contribution in [0.5, 0.6) is 11.5 Å². The van der Waals surface area contributed by atoms with Crippen LogP contribution in [0.4, 0.5) is 5.69 Å². The van der Waals surface area contributed by atoms with Gasteiger partial charge in [-0.25, -0.2) is 0 Å². The first kappa shape index (κ1) is 16.6. The minimum atomic E-state index is -0.440. The van der Waals surface area contributed by atoms with Gasteiger partial charge in [-0.3, -0.25) is 4.79 Å². The van der Waals surface area contributed by atoms with Crippen molar-refractivity contribution in [2.75, 3.05) is 18.5 Å². The summed E-state index contributed by atoms with van der Waals surface area (Å²) in [7, 11) is 0. The summed E-state index contributed by atoms with van der Waals surface area (Å²) >= 11 is 0. The molecule has 0 aromatic heterocycles. The van der Waals surface area contributed by atoms with Crippen molar-refractivity contribution in [3.8, 4) is 17.6 Å². The Bertz CT molecular complexity index is 894. The van der Waals surface area contributed by atoms with Gasteiger partial charge in [-0.05, 0) is 49.2 Å². The summed E-state index contributed by atoms with van der Waals surface area (Å²) in [4.78, 5) is 12.4. The van der Waals surface area contributed by atoms with Crippen LogP contribution in [0, 0.1) is 25.2 Å². The van der Waals surface area contributed by atoms with Crippen molar-refractivity contribution in [1.29, 1.82) is 5.26 Å². The number of nitrogens with one attached hydrogen (secondary N) is 1. The monoisotopic (exact) mass is 334 g/mol. The third-order valence-corrected chi connectivity index (χ3v) is 3.87. The Morgan fingerprint density at radius 3 is 2.60 bits per heavy atom. The van der Waals surface area contributed by atoms with Gasteiger partial charge in [0.15, 0.2) is 11.5 Å². The van der Waals surface area contributed by atoms with Gasteiger partial charge in [0.2, 0.25) is 0 Å². The van der Waals surface area contributed by atoms with Crippen LogP contribution in [0.25, 0.3) is 6.08 Å². The third-order valence-electron chi connectivity index (χ3n) is 3.87. The standard InChI is InChI=1S/C20H18N2O3/c1-13-3-5-17(14(2)9-13)22-20(23)16(12-21)10-15-4-6-18-19(11-15)25-8-7-24-18/h3-6,9-11H,7-8H2,1-2H3,(H,22,23). The Morgan fingerprint density at radius 1 is 1.12 bits per heavy atom. The number of ether oxygens (including phenoxy) is 2. The van der Waals surface area contributed by atoms with Crippen molar-refractivity contribution in [1.82, 2.24) is 0 Å². The average molecular weight is 334 g/mol. The number of hydrogen-bond acceptors (Lipinski definition) is 4. The molecule has 5 nitrogen and oxygen atoms in total. The third kappa shape index (κ3) is 3.81. The number of benzene rings is 2. The topological polar surface area (TPSA) is 71.4 Å². The number of rotatable bonds is 3. The maximum Gasteiger partial charge on any atom is 0.266 e. The van der Waals surface area contributed by atoms with Gasteiger partial charge >= 0.3 is 0 Å². The number of carbonyl (C=O) groups excluding carboxylic acids is 1. The lowest BCUT2D eigenvalue weighted by Crippen LogP contribution is -2.15. The average Bonchev–Trinajstić information content (AvgIpc) is 2.61. The fourth-order valence-corrected chi connectivity index (χ4v) is 2.61. The number of aryl methyl sites for hydroxylation is 2. The summed E-state index contributed by atoms with van der Waals surface area (Å²) in [5.74, 6) is 0.845. The molecule has 0 unspecified atom stereocenters. The lowest BCUT2D eigenvalue weighted by atomic mass is 10.1. The van der Waals surface area contributed by atoms with Gasteiger partial charge in [0.25, 0.3) is 5.91 Å². The van der Waals surface area contributed by atoms with Crippen LogP contribution in [0.1, 0.15) is 16.7 Å². The molecule has 5 heteroatoms. The van der Waals surface area contributed by atoms with E-state index < -0.39 is 5.91 Å². The van der Waals surface area contributed by atoms with Gasteiger partial charge in [-0.2, -0.15) is 5.26 Å². The first-order chi connectivity index (χ1) is 12.1. The summed E-state index contributed by atoms with van der Waals surface area (Å²) in [6.07, 6.45) is 1.54. The summed E-state index contributed by atoms with van der Waals surface area (Å²) in [5, 5.41) is 12.1. The number of amides is 1. The quantitative estimate of drug-likeness (QED) is 0.687. The highest BCUT2D eigenvalue weighted by Crippen LogP contribution is 2.31. The molecule has 0 radical (unpaired) electrons. The molecule has 2 aromatic carbocycles. The van der Waals surface area contributed by atoms with Crippen molar-refractivity contribution in [2.45, 2.75) is 13.8 Å². The van der Waals surface area contributed by atoms with E-state index in [0.717, 1.165) is 11.1 Å². The lowest BCUT2D eigenvalue weighted by Gasteiger charge is -2.18. The fourth-order valence-electron chi connectivity index (χ4n) is 2.61. The van der Waals surface area contributed by atoms with Gasteiger partial charge < -0.3 is 14.8 Å². The molecule has 1 amide bonds. The van der Waals surface area contributed by atoms with E-state index in [2.05, 4.69) is 5.32 Å². The summed E-state index contributed by atoms with van der Waals surface area (Å²) < 4.78 is 11.0. The van der Waals surface area contributed by atoms with Crippen LogP contribution in [-0.4, -0.2) is 19.1 Å². The maximum atomic E-state index is 12.4. The second kappa shape index (κ2) is 7.10. The van der Waals surface area contributed by atoms with Crippen LogP contribution < -0.4 is 14.8 Å². The smallest absolute Gasteiger partial charge is 0.266 e. The van der Waals surface area contributed by atoms with E-state index in [1.165, 1.54) is 6.08 Å². The zero-order chi connectivity index (χ0) is 17.8. The maximum absolute atomic E-state index is 12.4. The van der Waals surface area contributed by atoms with E-state index in [4.69, 9.17) is 9.47 Å². The SMILES string of the molecule is Cc1ccc(NC(=O)C(C#N)=Cc2ccc3c(c2)OCCO3)c(C)c1. The summed E-state index contributed by atoms with van der Waals surface area (Å²) in [5.41, 5.74) is 3.49. The van der Waals surface area contributed by atoms with E-state index in [1.807, 2.05) is 38.1 Å². The Balaban J connectivity index is 1.82. The molecule has 0 aliphatic carbocycles. The molecule has 126 valence electrons. The molecule has 0 spiro atoms. The highest BCUT2D eigenvalue weighted by atomic mass is 16.6. The van der Waals surface area contributed by atoms with Crippen LogP contribution >= 0.6 is 0 Å². The number of fused-ring (bicyclic) bond motifs is 1. The molecule has 1 aliphatic rings. The second-order valence-electron chi connectivity index (χ2n) is 5.85. The molecule has 0 bridgehead atoms. The molecule has 1 N–H and O–H groups in total. The zero-order valence-electron chi connectivity index (χ0n) is 14.1.